The Balaban J connectivity index is 1.57. The van der Waals surface area contributed by atoms with Gasteiger partial charge >= 0.3 is 23.5 Å². The maximum atomic E-state index is 12.5. The minimum absolute atomic E-state index is 0.0473. The molecule has 4 heterocycles. The van der Waals surface area contributed by atoms with Crippen LogP contribution in [0.15, 0.2) is 12.4 Å². The van der Waals surface area contributed by atoms with Gasteiger partial charge in [-0.15, -0.1) is 0 Å². The van der Waals surface area contributed by atoms with Crippen LogP contribution in [0.4, 0.5) is 11.8 Å². The molecule has 0 aliphatic carbocycles. The van der Waals surface area contributed by atoms with Crippen molar-refractivity contribution >= 4 is 64.5 Å². The van der Waals surface area contributed by atoms with Gasteiger partial charge in [0.15, 0.2) is 11.9 Å². The predicted octanol–water partition coefficient (Wildman–Crippen LogP) is 0.382. The number of fused-ring (bicyclic) bond motifs is 1. The molecule has 0 saturated carbocycles. The average molecular weight is 690 g/mol. The fourth-order valence-electron chi connectivity index (χ4n) is 3.96. The molecule has 1 aliphatic rings. The summed E-state index contributed by atoms with van der Waals surface area (Å²) in [6, 6.07) is 1.56. The standard InChI is InChI=1S/C17H25N8O14P3S/c1-7-3-9(24-23-7)20-10(26)5-35-12-8(4-36-41(30,31)39-42(32,33)38-40(27,28)29)37-16(13(12)34-2)25-6-19-11-14(25)21-17(18)22-15(11)43/h3,6,8,12-13,16H,4-5H2,1-2H3,(H,30,31)(H,32,33)(H2,27,28,29)(H3,18,21,22,43)(H2,20,23,24,26). The molecule has 0 aromatic carbocycles. The highest BCUT2D eigenvalue weighted by atomic mass is 32.1. The number of rotatable bonds is 13. The van der Waals surface area contributed by atoms with Crippen LogP contribution in [0.25, 0.3) is 11.2 Å². The van der Waals surface area contributed by atoms with E-state index in [-0.39, 0.29) is 27.6 Å². The van der Waals surface area contributed by atoms with Gasteiger partial charge in [0, 0.05) is 13.2 Å². The summed E-state index contributed by atoms with van der Waals surface area (Å²) in [5, 5.41) is 9.00. The third-order valence-corrected chi connectivity index (χ3v) is 9.59. The van der Waals surface area contributed by atoms with Crippen molar-refractivity contribution in [3.05, 3.63) is 22.7 Å². The lowest BCUT2D eigenvalue weighted by molar-refractivity contribution is -0.127. The van der Waals surface area contributed by atoms with E-state index >= 15 is 0 Å². The number of imidazole rings is 1. The molecular formula is C17H25N8O14P3S. The quantitative estimate of drug-likeness (QED) is 0.0887. The zero-order chi connectivity index (χ0) is 31.7. The van der Waals surface area contributed by atoms with Crippen LogP contribution in [0.1, 0.15) is 11.9 Å². The summed E-state index contributed by atoms with van der Waals surface area (Å²) in [7, 11) is -15.6. The van der Waals surface area contributed by atoms with Gasteiger partial charge < -0.3 is 49.8 Å². The van der Waals surface area contributed by atoms with Crippen LogP contribution in [-0.4, -0.2) is 93.8 Å². The van der Waals surface area contributed by atoms with Crippen molar-refractivity contribution in [1.29, 1.82) is 0 Å². The number of aryl methyl sites for hydroxylation is 1. The van der Waals surface area contributed by atoms with Crippen LogP contribution in [0.2, 0.25) is 0 Å². The molecule has 238 valence electrons. The summed E-state index contributed by atoms with van der Waals surface area (Å²) in [6.45, 7) is 0.194. The highest BCUT2D eigenvalue weighted by molar-refractivity contribution is 7.71. The zero-order valence-electron chi connectivity index (χ0n) is 21.9. The van der Waals surface area contributed by atoms with Crippen LogP contribution < -0.4 is 11.1 Å². The van der Waals surface area contributed by atoms with Gasteiger partial charge in [-0.3, -0.25) is 19.0 Å². The Morgan fingerprint density at radius 1 is 1.21 bits per heavy atom. The Kier molecular flexibility index (Phi) is 10.0. The second-order valence-electron chi connectivity index (χ2n) is 8.67. The van der Waals surface area contributed by atoms with Crippen molar-refractivity contribution < 1.29 is 65.4 Å². The molecule has 1 amide bonds. The minimum Gasteiger partial charge on any atom is -0.374 e. The molecule has 26 heteroatoms. The van der Waals surface area contributed by atoms with Crippen molar-refractivity contribution in [2.24, 2.45) is 0 Å². The number of nitrogen functional groups attached to an aromatic ring is 1. The molecule has 0 spiro atoms. The van der Waals surface area contributed by atoms with Crippen LogP contribution in [-0.2, 0) is 45.8 Å². The first-order valence-electron chi connectivity index (χ1n) is 11.6. The first kappa shape index (κ1) is 33.4. The van der Waals surface area contributed by atoms with Crippen LogP contribution >= 0.6 is 35.7 Å². The van der Waals surface area contributed by atoms with Crippen molar-refractivity contribution in [3.63, 3.8) is 0 Å². The molecular weight excluding hydrogens is 665 g/mol. The number of phosphoric acid groups is 3. The van der Waals surface area contributed by atoms with Gasteiger partial charge in [-0.2, -0.15) is 18.7 Å². The van der Waals surface area contributed by atoms with Gasteiger partial charge in [0.05, 0.1) is 18.6 Å². The molecule has 3 aromatic heterocycles. The summed E-state index contributed by atoms with van der Waals surface area (Å²) in [5.41, 5.74) is 6.79. The first-order valence-corrected chi connectivity index (χ1v) is 16.5. The Morgan fingerprint density at radius 3 is 2.56 bits per heavy atom. The van der Waals surface area contributed by atoms with Crippen molar-refractivity contribution in [2.45, 2.75) is 31.5 Å². The lowest BCUT2D eigenvalue weighted by Gasteiger charge is -2.24. The highest BCUT2D eigenvalue weighted by Gasteiger charge is 2.49. The molecule has 3 aromatic rings. The molecule has 22 nitrogen and oxygen atoms in total. The van der Waals surface area contributed by atoms with Gasteiger partial charge in [-0.25, -0.2) is 18.7 Å². The van der Waals surface area contributed by atoms with Crippen molar-refractivity contribution in [1.82, 2.24) is 29.7 Å². The molecule has 0 bridgehead atoms. The number of carbonyl (C=O) groups is 1. The number of aromatic nitrogens is 6. The predicted molar refractivity (Wildman–Crippen MR) is 143 cm³/mol. The Hall–Kier alpha value is -2.46. The second kappa shape index (κ2) is 12.9. The van der Waals surface area contributed by atoms with Gasteiger partial charge in [-0.1, -0.05) is 12.2 Å². The van der Waals surface area contributed by atoms with E-state index in [1.807, 2.05) is 0 Å². The van der Waals surface area contributed by atoms with E-state index < -0.39 is 67.1 Å². The highest BCUT2D eigenvalue weighted by Crippen LogP contribution is 2.66. The minimum atomic E-state index is -5.78. The molecule has 6 atom stereocenters. The maximum Gasteiger partial charge on any atom is 0.490 e. The number of phosphoric ester groups is 1. The second-order valence-corrected chi connectivity index (χ2v) is 13.5. The summed E-state index contributed by atoms with van der Waals surface area (Å²) in [6.07, 6.45) is -3.50. The number of aromatic amines is 2. The van der Waals surface area contributed by atoms with Crippen LogP contribution in [0.3, 0.4) is 0 Å². The Labute approximate surface area is 245 Å². The lowest BCUT2D eigenvalue weighted by Crippen LogP contribution is -2.39. The van der Waals surface area contributed by atoms with Gasteiger partial charge in [0.2, 0.25) is 5.95 Å². The molecule has 1 aliphatic heterocycles. The van der Waals surface area contributed by atoms with E-state index in [1.165, 1.54) is 18.0 Å². The van der Waals surface area contributed by atoms with Gasteiger partial charge in [-0.05, 0) is 6.92 Å². The van der Waals surface area contributed by atoms with Gasteiger partial charge in [0.25, 0.3) is 5.91 Å². The normalized spacial score (nSPS) is 23.7. The molecule has 43 heavy (non-hydrogen) atoms. The van der Waals surface area contributed by atoms with Crippen molar-refractivity contribution in [2.75, 3.05) is 31.4 Å². The lowest BCUT2D eigenvalue weighted by atomic mass is 10.1. The number of nitrogens with one attached hydrogen (secondary N) is 3. The number of anilines is 2. The Morgan fingerprint density at radius 2 is 1.93 bits per heavy atom. The topological polar surface area (TPSA) is 318 Å². The molecule has 1 fully saturated rings. The molecule has 9 N–H and O–H groups in total. The third-order valence-electron chi connectivity index (χ3n) is 5.49. The first-order chi connectivity index (χ1) is 20.0. The number of H-pyrrole nitrogens is 2. The molecule has 4 rings (SSSR count). The number of nitrogens with zero attached hydrogens (tertiary/aromatic N) is 4. The van der Waals surface area contributed by atoms with E-state index in [4.69, 9.17) is 46.5 Å². The fraction of sp³-hybridized carbons (Fsp3) is 0.471. The van der Waals surface area contributed by atoms with Crippen LogP contribution in [0.5, 0.6) is 0 Å². The van der Waals surface area contributed by atoms with Crippen LogP contribution in [0, 0.1) is 11.6 Å². The SMILES string of the molecule is COC1C(OCC(=O)Nc2cc(C)n[nH]2)C(COP(=O)(O)OP(=O)(O)OP(=O)(O)O)OC1n1cnc2c(=S)[nH]c(N)nc21. The average Bonchev–Trinajstić information content (AvgIpc) is 3.55. The fourth-order valence-corrected chi connectivity index (χ4v) is 7.24. The summed E-state index contributed by atoms with van der Waals surface area (Å²) < 4.78 is 66.0. The summed E-state index contributed by atoms with van der Waals surface area (Å²) in [4.78, 5) is 60.4. The number of methoxy groups -OCH3 is 1. The van der Waals surface area contributed by atoms with E-state index in [0.29, 0.717) is 5.69 Å². The largest absolute Gasteiger partial charge is 0.490 e. The Bertz CT molecular complexity index is 1690. The van der Waals surface area contributed by atoms with E-state index in [1.54, 1.807) is 13.0 Å². The monoisotopic (exact) mass is 690 g/mol. The van der Waals surface area contributed by atoms with E-state index in [0.717, 1.165) is 0 Å². The summed E-state index contributed by atoms with van der Waals surface area (Å²) in [5.74, 6) is -0.402. The third kappa shape index (κ3) is 8.59. The number of nitrogens with two attached hydrogens (primary N) is 1. The number of ether oxygens (including phenoxy) is 3. The molecule has 6 unspecified atom stereocenters. The number of hydrogen-bond donors (Lipinski definition) is 8. The van der Waals surface area contributed by atoms with E-state index in [2.05, 4.69) is 39.1 Å². The number of carbonyl (C=O) groups excluding carboxylic acids is 1. The molecule has 0 radical (unpaired) electrons. The summed E-state index contributed by atoms with van der Waals surface area (Å²) >= 11 is 5.22. The molecule has 1 saturated heterocycles. The zero-order valence-corrected chi connectivity index (χ0v) is 25.4. The van der Waals surface area contributed by atoms with Gasteiger partial charge in [0.1, 0.15) is 40.9 Å². The smallest absolute Gasteiger partial charge is 0.374 e. The number of hydrogen-bond acceptors (Lipinski definition) is 15. The van der Waals surface area contributed by atoms with Crippen molar-refractivity contribution in [3.8, 4) is 0 Å². The maximum absolute atomic E-state index is 12.5. The number of amides is 1. The van der Waals surface area contributed by atoms with E-state index in [9.17, 15) is 28.3 Å².